The lowest BCUT2D eigenvalue weighted by molar-refractivity contribution is 0.662. The molecule has 0 amide bonds. The van der Waals surface area contributed by atoms with E-state index >= 15 is 0 Å². The molecular formula is C45H39B5N2. The van der Waals surface area contributed by atoms with Crippen LogP contribution in [-0.2, 0) is 5.41 Å². The summed E-state index contributed by atoms with van der Waals surface area (Å²) < 4.78 is 2.39. The monoisotopic (exact) mass is 662 g/mol. The topological polar surface area (TPSA) is 8.17 Å². The van der Waals surface area contributed by atoms with Crippen molar-refractivity contribution in [1.29, 1.82) is 0 Å². The summed E-state index contributed by atoms with van der Waals surface area (Å²) >= 11 is 0. The molecule has 0 saturated heterocycles. The zero-order valence-corrected chi connectivity index (χ0v) is 31.2. The Morgan fingerprint density at radius 1 is 0.481 bits per heavy atom. The van der Waals surface area contributed by atoms with Crippen molar-refractivity contribution in [3.8, 4) is 27.9 Å². The summed E-state index contributed by atoms with van der Waals surface area (Å²) in [5.41, 5.74) is 21.9. The fraction of sp³-hybridized carbons (Fsp3) is 0.0667. The number of hydrogen-bond donors (Lipinski definition) is 0. The third-order valence-corrected chi connectivity index (χ3v) is 12.1. The van der Waals surface area contributed by atoms with Crippen molar-refractivity contribution < 1.29 is 0 Å². The molecular weight excluding hydrogens is 623 g/mol. The van der Waals surface area contributed by atoms with Crippen molar-refractivity contribution in [2.45, 2.75) is 19.3 Å². The van der Waals surface area contributed by atoms with Crippen molar-refractivity contribution in [3.63, 3.8) is 0 Å². The van der Waals surface area contributed by atoms with Crippen molar-refractivity contribution in [2.24, 2.45) is 0 Å². The van der Waals surface area contributed by atoms with E-state index in [0.717, 1.165) is 11.4 Å². The number of nitrogens with zero attached hydrogens (tertiary/aromatic N) is 2. The maximum atomic E-state index is 2.50. The summed E-state index contributed by atoms with van der Waals surface area (Å²) in [6, 6.07) is 51.5. The molecule has 0 saturated carbocycles. The molecule has 0 spiro atoms. The second-order valence-electron chi connectivity index (χ2n) is 15.1. The number of anilines is 3. The second kappa shape index (κ2) is 12.0. The Bertz CT molecular complexity index is 2680. The highest BCUT2D eigenvalue weighted by Gasteiger charge is 2.37. The Kier molecular flexibility index (Phi) is 7.49. The lowest BCUT2D eigenvalue weighted by Gasteiger charge is -2.32. The van der Waals surface area contributed by atoms with Crippen molar-refractivity contribution >= 4 is 105 Å². The van der Waals surface area contributed by atoms with E-state index in [1.807, 2.05) is 0 Å². The lowest BCUT2D eigenvalue weighted by atomic mass is 9.61. The molecule has 7 aromatic carbocycles. The fourth-order valence-electron chi connectivity index (χ4n) is 9.06. The largest absolute Gasteiger partial charge is 0.312 e. The maximum Gasteiger partial charge on any atom is 0.141 e. The first-order chi connectivity index (χ1) is 25.2. The summed E-state index contributed by atoms with van der Waals surface area (Å²) in [4.78, 5) is 2.50. The summed E-state index contributed by atoms with van der Waals surface area (Å²) in [6.45, 7) is 4.74. The van der Waals surface area contributed by atoms with Gasteiger partial charge in [0.2, 0.25) is 0 Å². The van der Waals surface area contributed by atoms with Crippen LogP contribution >= 0.6 is 0 Å². The predicted octanol–water partition coefficient (Wildman–Crippen LogP) is 3.52. The molecule has 0 bridgehead atoms. The molecule has 9 rings (SSSR count). The third kappa shape index (κ3) is 4.72. The van der Waals surface area contributed by atoms with E-state index < -0.39 is 0 Å². The van der Waals surface area contributed by atoms with Gasteiger partial charge in [0.15, 0.2) is 0 Å². The molecule has 2 nitrogen and oxygen atoms in total. The average molecular weight is 662 g/mol. The van der Waals surface area contributed by atoms with Crippen LogP contribution in [0.1, 0.15) is 25.0 Å². The van der Waals surface area contributed by atoms with E-state index in [9.17, 15) is 0 Å². The standard InChI is InChI=1S/C45H39B5N2/c1-45(2)35-17-8-6-13-31(35)33-16-10-15-30(38(33)45)26-19-21-28(22-20-26)51(44-42(49)40(47)39(46)41(48)43(44)50)29-23-24-37-34(25-29)32-14-7-9-18-36(32)52(37)27-11-4-3-5-12-27/h3-25H,46-50H2,1-2H3. The Labute approximate surface area is 311 Å². The zero-order valence-electron chi connectivity index (χ0n) is 31.2. The smallest absolute Gasteiger partial charge is 0.141 e. The van der Waals surface area contributed by atoms with Crippen LogP contribution in [0.5, 0.6) is 0 Å². The molecule has 7 heteroatoms. The summed E-state index contributed by atoms with van der Waals surface area (Å²) in [5, 5.41) is 2.50. The van der Waals surface area contributed by atoms with E-state index in [1.165, 1.54) is 93.9 Å². The highest BCUT2D eigenvalue weighted by molar-refractivity contribution is 6.69. The molecule has 1 aliphatic carbocycles. The van der Waals surface area contributed by atoms with Gasteiger partial charge < -0.3 is 9.47 Å². The van der Waals surface area contributed by atoms with Crippen LogP contribution in [-0.4, -0.2) is 43.8 Å². The van der Waals surface area contributed by atoms with Gasteiger partial charge >= 0.3 is 0 Å². The van der Waals surface area contributed by atoms with Crippen molar-refractivity contribution in [2.75, 3.05) is 4.90 Å². The number of hydrogen-bond acceptors (Lipinski definition) is 1. The van der Waals surface area contributed by atoms with Gasteiger partial charge in [0.05, 0.1) is 11.0 Å². The van der Waals surface area contributed by atoms with Crippen LogP contribution in [0.3, 0.4) is 0 Å². The Morgan fingerprint density at radius 2 is 1.06 bits per heavy atom. The maximum absolute atomic E-state index is 2.50. The van der Waals surface area contributed by atoms with Gasteiger partial charge in [-0.05, 0) is 81.9 Å². The minimum atomic E-state index is -0.0766. The molecule has 52 heavy (non-hydrogen) atoms. The number of rotatable bonds is 5. The molecule has 0 fully saturated rings. The zero-order chi connectivity index (χ0) is 35.9. The highest BCUT2D eigenvalue weighted by Crippen LogP contribution is 2.52. The quantitative estimate of drug-likeness (QED) is 0.257. The van der Waals surface area contributed by atoms with Gasteiger partial charge in [-0.3, -0.25) is 0 Å². The average Bonchev–Trinajstić information content (AvgIpc) is 3.63. The molecule has 8 aromatic rings. The number of aromatic nitrogens is 1. The van der Waals surface area contributed by atoms with Crippen LogP contribution in [0.4, 0.5) is 17.1 Å². The molecule has 0 radical (unpaired) electrons. The van der Waals surface area contributed by atoms with Gasteiger partial charge in [-0.15, -0.1) is 5.46 Å². The number of benzene rings is 7. The number of para-hydroxylation sites is 2. The van der Waals surface area contributed by atoms with Gasteiger partial charge in [-0.1, -0.05) is 127 Å². The molecule has 0 aliphatic heterocycles. The van der Waals surface area contributed by atoms with Gasteiger partial charge in [-0.2, -0.15) is 0 Å². The van der Waals surface area contributed by atoms with Crippen LogP contribution in [0.25, 0.3) is 49.7 Å². The molecule has 0 atom stereocenters. The van der Waals surface area contributed by atoms with E-state index in [-0.39, 0.29) is 5.41 Å². The minimum absolute atomic E-state index is 0.0766. The minimum Gasteiger partial charge on any atom is -0.312 e. The fourth-order valence-corrected chi connectivity index (χ4v) is 9.06. The Balaban J connectivity index is 1.24. The van der Waals surface area contributed by atoms with Crippen molar-refractivity contribution in [1.82, 2.24) is 4.57 Å². The summed E-state index contributed by atoms with van der Waals surface area (Å²) in [6.07, 6.45) is 0. The first-order valence-electron chi connectivity index (χ1n) is 18.5. The highest BCUT2D eigenvalue weighted by atomic mass is 15.1. The van der Waals surface area contributed by atoms with Crippen LogP contribution in [0.15, 0.2) is 140 Å². The lowest BCUT2D eigenvalue weighted by Crippen LogP contribution is -2.56. The third-order valence-electron chi connectivity index (χ3n) is 12.1. The van der Waals surface area contributed by atoms with Crippen LogP contribution in [0.2, 0.25) is 0 Å². The van der Waals surface area contributed by atoms with Gasteiger partial charge in [-0.25, -0.2) is 0 Å². The Hall–Kier alpha value is -5.54. The first kappa shape index (κ1) is 32.4. The molecule has 1 aliphatic rings. The van der Waals surface area contributed by atoms with Gasteiger partial charge in [0, 0.05) is 38.9 Å². The van der Waals surface area contributed by atoms with E-state index in [2.05, 4.69) is 202 Å². The van der Waals surface area contributed by atoms with E-state index in [1.54, 1.807) is 0 Å². The molecule has 1 heterocycles. The predicted molar refractivity (Wildman–Crippen MR) is 239 cm³/mol. The normalized spacial score (nSPS) is 13.0. The van der Waals surface area contributed by atoms with Crippen molar-refractivity contribution in [3.05, 3.63) is 151 Å². The molecule has 244 valence electrons. The number of fused-ring (bicyclic) bond motifs is 6. The van der Waals surface area contributed by atoms with Gasteiger partial charge in [0.25, 0.3) is 0 Å². The summed E-state index contributed by atoms with van der Waals surface area (Å²) in [7, 11) is 11.4. The van der Waals surface area contributed by atoms with E-state index in [0.29, 0.717) is 0 Å². The van der Waals surface area contributed by atoms with Gasteiger partial charge in [0.1, 0.15) is 39.2 Å². The molecule has 1 aromatic heterocycles. The first-order valence-corrected chi connectivity index (χ1v) is 18.5. The Morgan fingerprint density at radius 3 is 1.81 bits per heavy atom. The molecule has 0 unspecified atom stereocenters. The second-order valence-corrected chi connectivity index (χ2v) is 15.1. The van der Waals surface area contributed by atoms with Crippen LogP contribution < -0.4 is 32.2 Å². The SMILES string of the molecule is Bc1c(B)c(B)c(N(c2ccc(-c3cccc4c3C(C)(C)c3ccccc3-4)cc2)c2ccc3c(c2)c2ccccc2n3-c2ccccc2)c(B)c1B. The molecule has 0 N–H and O–H groups in total. The summed E-state index contributed by atoms with van der Waals surface area (Å²) in [5.74, 6) is 0. The van der Waals surface area contributed by atoms with E-state index in [4.69, 9.17) is 0 Å². The van der Waals surface area contributed by atoms with Crippen LogP contribution in [0, 0.1) is 0 Å².